The Labute approximate surface area is 179 Å². The molecule has 31 heavy (non-hydrogen) atoms. The van der Waals surface area contributed by atoms with Crippen LogP contribution < -0.4 is 4.74 Å². The van der Waals surface area contributed by atoms with Gasteiger partial charge in [0.1, 0.15) is 5.75 Å². The van der Waals surface area contributed by atoms with Crippen LogP contribution in [0.25, 0.3) is 10.9 Å². The minimum Gasteiger partial charge on any atom is -0.494 e. The van der Waals surface area contributed by atoms with E-state index in [9.17, 15) is 9.90 Å². The van der Waals surface area contributed by atoms with E-state index in [4.69, 9.17) is 14.5 Å². The molecule has 6 heteroatoms. The molecule has 6 nitrogen and oxygen atoms in total. The van der Waals surface area contributed by atoms with Crippen LogP contribution in [0.2, 0.25) is 0 Å². The third-order valence-corrected chi connectivity index (χ3v) is 4.87. The lowest BCUT2D eigenvalue weighted by molar-refractivity contribution is 0.0601. The maximum absolute atomic E-state index is 11.9. The summed E-state index contributed by atoms with van der Waals surface area (Å²) in [7, 11) is 1.33. The molecule has 0 amide bonds. The van der Waals surface area contributed by atoms with Crippen molar-refractivity contribution >= 4 is 28.3 Å². The third-order valence-electron chi connectivity index (χ3n) is 4.87. The Bertz CT molecular complexity index is 1240. The molecule has 0 fully saturated rings. The van der Waals surface area contributed by atoms with Crippen LogP contribution >= 0.6 is 0 Å². The van der Waals surface area contributed by atoms with E-state index >= 15 is 0 Å². The number of esters is 1. The van der Waals surface area contributed by atoms with Crippen LogP contribution in [0.4, 0.5) is 5.69 Å². The zero-order valence-corrected chi connectivity index (χ0v) is 17.3. The highest BCUT2D eigenvalue weighted by molar-refractivity contribution is 6.22. The second-order valence-electron chi connectivity index (χ2n) is 6.85. The van der Waals surface area contributed by atoms with Gasteiger partial charge < -0.3 is 19.6 Å². The van der Waals surface area contributed by atoms with Crippen molar-refractivity contribution in [3.63, 3.8) is 0 Å². The van der Waals surface area contributed by atoms with Crippen LogP contribution in [0.1, 0.15) is 28.4 Å². The van der Waals surface area contributed by atoms with Crippen molar-refractivity contribution in [1.82, 2.24) is 4.98 Å². The van der Waals surface area contributed by atoms with Gasteiger partial charge in [-0.3, -0.25) is 0 Å². The normalized spacial score (nSPS) is 11.5. The van der Waals surface area contributed by atoms with E-state index in [1.165, 1.54) is 7.11 Å². The molecule has 1 heterocycles. The van der Waals surface area contributed by atoms with Gasteiger partial charge in [0.25, 0.3) is 0 Å². The molecule has 0 spiro atoms. The Morgan fingerprint density at radius 3 is 2.42 bits per heavy atom. The molecule has 0 unspecified atom stereocenters. The summed E-state index contributed by atoms with van der Waals surface area (Å²) in [5.74, 6) is 0.308. The van der Waals surface area contributed by atoms with E-state index < -0.39 is 5.97 Å². The summed E-state index contributed by atoms with van der Waals surface area (Å²) in [5, 5.41) is 11.5. The summed E-state index contributed by atoms with van der Waals surface area (Å²) in [6.45, 7) is 2.53. The van der Waals surface area contributed by atoms with Gasteiger partial charge in [0.2, 0.25) is 0 Å². The molecular weight excluding hydrogens is 392 g/mol. The maximum atomic E-state index is 11.9. The number of ether oxygens (including phenoxy) is 2. The van der Waals surface area contributed by atoms with E-state index in [2.05, 4.69) is 4.98 Å². The highest BCUT2D eigenvalue weighted by Crippen LogP contribution is 2.32. The topological polar surface area (TPSA) is 83.9 Å². The SMILES string of the molecule is CCOc1ccc(N=C(c2ccccc2)c2c(O)[nH]c3cc(C(=O)OC)ccc23)cc1. The Morgan fingerprint density at radius 2 is 1.74 bits per heavy atom. The molecule has 0 saturated carbocycles. The first-order valence-electron chi connectivity index (χ1n) is 9.91. The molecule has 0 aliphatic carbocycles. The number of benzene rings is 3. The Kier molecular flexibility index (Phi) is 5.71. The summed E-state index contributed by atoms with van der Waals surface area (Å²) < 4.78 is 10.3. The highest BCUT2D eigenvalue weighted by atomic mass is 16.5. The zero-order chi connectivity index (χ0) is 21.8. The molecule has 156 valence electrons. The minimum absolute atomic E-state index is 0.0226. The molecule has 0 aliphatic rings. The molecule has 4 aromatic rings. The summed E-state index contributed by atoms with van der Waals surface area (Å²) in [4.78, 5) is 19.7. The van der Waals surface area contributed by atoms with Crippen molar-refractivity contribution < 1.29 is 19.4 Å². The number of aromatic amines is 1. The van der Waals surface area contributed by atoms with Crippen molar-refractivity contribution in [2.24, 2.45) is 4.99 Å². The summed E-state index contributed by atoms with van der Waals surface area (Å²) in [6, 6.07) is 22.2. The number of nitrogens with one attached hydrogen (secondary N) is 1. The average Bonchev–Trinajstić information content (AvgIpc) is 3.13. The third kappa shape index (κ3) is 4.14. The monoisotopic (exact) mass is 414 g/mol. The van der Waals surface area contributed by atoms with Gasteiger partial charge in [0.15, 0.2) is 5.88 Å². The number of hydrogen-bond acceptors (Lipinski definition) is 5. The number of nitrogens with zero attached hydrogens (tertiary/aromatic N) is 1. The van der Waals surface area contributed by atoms with Crippen molar-refractivity contribution in [3.8, 4) is 11.6 Å². The molecule has 0 bridgehead atoms. The van der Waals surface area contributed by atoms with Crippen LogP contribution in [0, 0.1) is 0 Å². The van der Waals surface area contributed by atoms with Gasteiger partial charge in [-0.15, -0.1) is 0 Å². The molecule has 0 atom stereocenters. The molecule has 0 aliphatic heterocycles. The number of H-pyrrole nitrogens is 1. The second-order valence-corrected chi connectivity index (χ2v) is 6.85. The first-order valence-corrected chi connectivity index (χ1v) is 9.91. The highest BCUT2D eigenvalue weighted by Gasteiger charge is 2.20. The van der Waals surface area contributed by atoms with Gasteiger partial charge in [-0.05, 0) is 43.3 Å². The quantitative estimate of drug-likeness (QED) is 0.334. The first kappa shape index (κ1) is 20.2. The fourth-order valence-corrected chi connectivity index (χ4v) is 3.44. The maximum Gasteiger partial charge on any atom is 0.337 e. The number of aliphatic imine (C=N–C) groups is 1. The zero-order valence-electron chi connectivity index (χ0n) is 17.3. The van der Waals surface area contributed by atoms with Gasteiger partial charge >= 0.3 is 5.97 Å². The van der Waals surface area contributed by atoms with Crippen LogP contribution in [-0.4, -0.2) is 35.5 Å². The lowest BCUT2D eigenvalue weighted by atomic mass is 10.00. The number of carbonyl (C=O) groups excluding carboxylic acids is 1. The molecule has 3 aromatic carbocycles. The van der Waals surface area contributed by atoms with Gasteiger partial charge in [-0.2, -0.15) is 0 Å². The Balaban J connectivity index is 1.87. The molecule has 1 aromatic heterocycles. The summed E-state index contributed by atoms with van der Waals surface area (Å²) in [5.41, 5.74) is 3.76. The van der Waals surface area contributed by atoms with E-state index in [1.54, 1.807) is 18.2 Å². The minimum atomic E-state index is -0.441. The molecular formula is C25H22N2O4. The molecule has 4 rings (SSSR count). The predicted octanol–water partition coefficient (Wildman–Crippen LogP) is 5.23. The van der Waals surface area contributed by atoms with Crippen LogP contribution in [0.5, 0.6) is 11.6 Å². The predicted molar refractivity (Wildman–Crippen MR) is 121 cm³/mol. The Hall–Kier alpha value is -4.06. The van der Waals surface area contributed by atoms with Crippen LogP contribution in [-0.2, 0) is 4.74 Å². The number of aromatic nitrogens is 1. The average molecular weight is 414 g/mol. The Morgan fingerprint density at radius 1 is 1.00 bits per heavy atom. The summed E-state index contributed by atoms with van der Waals surface area (Å²) >= 11 is 0. The number of hydrogen-bond donors (Lipinski definition) is 2. The number of rotatable bonds is 6. The van der Waals surface area contributed by atoms with Gasteiger partial charge in [-0.25, -0.2) is 9.79 Å². The molecule has 0 radical (unpaired) electrons. The van der Waals surface area contributed by atoms with Crippen molar-refractivity contribution in [2.45, 2.75) is 6.92 Å². The van der Waals surface area contributed by atoms with Crippen LogP contribution in [0.15, 0.2) is 77.8 Å². The standard InChI is InChI=1S/C25H22N2O4/c1-3-31-19-12-10-18(11-13-19)26-23(16-7-5-4-6-8-16)22-20-14-9-17(25(29)30-2)15-21(20)27-24(22)28/h4-15,27-28H,3H2,1-2H3. The smallest absolute Gasteiger partial charge is 0.337 e. The van der Waals surface area contributed by atoms with E-state index in [-0.39, 0.29) is 5.88 Å². The lowest BCUT2D eigenvalue weighted by Crippen LogP contribution is -2.03. The van der Waals surface area contributed by atoms with Crippen LogP contribution in [0.3, 0.4) is 0 Å². The number of methoxy groups -OCH3 is 1. The second kappa shape index (κ2) is 8.75. The number of fused-ring (bicyclic) bond motifs is 1. The molecule has 0 saturated heterocycles. The van der Waals surface area contributed by atoms with Gasteiger partial charge in [-0.1, -0.05) is 36.4 Å². The summed E-state index contributed by atoms with van der Waals surface area (Å²) in [6.07, 6.45) is 0. The van der Waals surface area contributed by atoms with Crippen molar-refractivity contribution in [2.75, 3.05) is 13.7 Å². The largest absolute Gasteiger partial charge is 0.494 e. The number of aromatic hydroxyl groups is 1. The first-order chi connectivity index (χ1) is 15.1. The molecule has 2 N–H and O–H groups in total. The van der Waals surface area contributed by atoms with Gasteiger partial charge in [0, 0.05) is 16.5 Å². The lowest BCUT2D eigenvalue weighted by Gasteiger charge is -2.09. The van der Waals surface area contributed by atoms with Gasteiger partial charge in [0.05, 0.1) is 36.2 Å². The van der Waals surface area contributed by atoms with E-state index in [0.29, 0.717) is 29.0 Å². The number of carbonyl (C=O) groups is 1. The van der Waals surface area contributed by atoms with E-state index in [0.717, 1.165) is 22.4 Å². The van der Waals surface area contributed by atoms with E-state index in [1.807, 2.05) is 61.5 Å². The fourth-order valence-electron chi connectivity index (χ4n) is 3.44. The fraction of sp³-hybridized carbons (Fsp3) is 0.120. The van der Waals surface area contributed by atoms with Crippen molar-refractivity contribution in [3.05, 3.63) is 89.5 Å². The van der Waals surface area contributed by atoms with Crippen molar-refractivity contribution in [1.29, 1.82) is 0 Å².